The molecule has 0 amide bonds. The van der Waals surface area contributed by atoms with Crippen molar-refractivity contribution in [2.75, 3.05) is 0 Å². The van der Waals surface area contributed by atoms with E-state index in [1.807, 2.05) is 12.1 Å². The Labute approximate surface area is 109 Å². The fraction of sp³-hybridized carbons (Fsp3) is 0.143. The van der Waals surface area contributed by atoms with E-state index in [1.54, 1.807) is 0 Å². The second-order valence-electron chi connectivity index (χ2n) is 3.61. The maximum atomic E-state index is 6.11. The highest BCUT2D eigenvalue weighted by molar-refractivity contribution is 9.10. The number of halogens is 2. The Morgan fingerprint density at radius 3 is 2.38 bits per heavy atom. The summed E-state index contributed by atoms with van der Waals surface area (Å²) in [5.41, 5.74) is 3.75. The monoisotopic (exact) mass is 294 g/mol. The molecule has 0 fully saturated rings. The van der Waals surface area contributed by atoms with E-state index in [0.717, 1.165) is 15.9 Å². The molecule has 0 aliphatic rings. The van der Waals surface area contributed by atoms with Crippen LogP contribution in [0.1, 0.15) is 12.5 Å². The SMILES string of the molecule is CCc1c(-c2ccccc2)ccc(Cl)c1Br. The topological polar surface area (TPSA) is 0 Å². The second kappa shape index (κ2) is 5.03. The molecule has 0 saturated carbocycles. The zero-order chi connectivity index (χ0) is 11.5. The molecule has 0 aromatic heterocycles. The van der Waals surface area contributed by atoms with E-state index >= 15 is 0 Å². The van der Waals surface area contributed by atoms with Crippen LogP contribution in [0.3, 0.4) is 0 Å². The minimum absolute atomic E-state index is 0.775. The average molecular weight is 296 g/mol. The van der Waals surface area contributed by atoms with Gasteiger partial charge in [0, 0.05) is 4.47 Å². The maximum absolute atomic E-state index is 6.11. The zero-order valence-corrected chi connectivity index (χ0v) is 11.3. The largest absolute Gasteiger partial charge is 0.0831 e. The molecule has 0 aliphatic carbocycles. The van der Waals surface area contributed by atoms with E-state index in [1.165, 1.54) is 16.7 Å². The van der Waals surface area contributed by atoms with Crippen molar-refractivity contribution in [3.8, 4) is 11.1 Å². The van der Waals surface area contributed by atoms with Crippen molar-refractivity contribution in [2.45, 2.75) is 13.3 Å². The predicted molar refractivity (Wildman–Crippen MR) is 74.0 cm³/mol. The number of hydrogen-bond donors (Lipinski definition) is 0. The molecule has 0 nitrogen and oxygen atoms in total. The molecular formula is C14H12BrCl. The molecule has 0 aliphatic heterocycles. The molecule has 2 aromatic carbocycles. The van der Waals surface area contributed by atoms with Crippen LogP contribution in [0.2, 0.25) is 5.02 Å². The molecule has 0 unspecified atom stereocenters. The lowest BCUT2D eigenvalue weighted by Crippen LogP contribution is -1.90. The van der Waals surface area contributed by atoms with Crippen LogP contribution in [-0.4, -0.2) is 0 Å². The Balaban J connectivity index is 2.62. The van der Waals surface area contributed by atoms with Gasteiger partial charge in [-0.1, -0.05) is 54.9 Å². The molecule has 0 N–H and O–H groups in total. The Bertz CT molecular complexity index is 492. The van der Waals surface area contributed by atoms with Gasteiger partial charge in [-0.05, 0) is 45.1 Å². The van der Waals surface area contributed by atoms with Gasteiger partial charge >= 0.3 is 0 Å². The van der Waals surface area contributed by atoms with E-state index in [0.29, 0.717) is 0 Å². The fourth-order valence-electron chi connectivity index (χ4n) is 1.83. The van der Waals surface area contributed by atoms with Crippen LogP contribution in [0.25, 0.3) is 11.1 Å². The maximum Gasteiger partial charge on any atom is 0.0551 e. The quantitative estimate of drug-likeness (QED) is 0.702. The van der Waals surface area contributed by atoms with E-state index in [-0.39, 0.29) is 0 Å². The van der Waals surface area contributed by atoms with Crippen LogP contribution in [-0.2, 0) is 6.42 Å². The molecule has 2 heteroatoms. The van der Waals surface area contributed by atoms with Gasteiger partial charge < -0.3 is 0 Å². The average Bonchev–Trinajstić information content (AvgIpc) is 2.33. The van der Waals surface area contributed by atoms with Crippen LogP contribution >= 0.6 is 27.5 Å². The smallest absolute Gasteiger partial charge is 0.0551 e. The van der Waals surface area contributed by atoms with Crippen molar-refractivity contribution < 1.29 is 0 Å². The highest BCUT2D eigenvalue weighted by Gasteiger charge is 2.09. The van der Waals surface area contributed by atoms with E-state index in [2.05, 4.69) is 53.2 Å². The lowest BCUT2D eigenvalue weighted by molar-refractivity contribution is 1.13. The minimum Gasteiger partial charge on any atom is -0.0831 e. The molecule has 16 heavy (non-hydrogen) atoms. The Kier molecular flexibility index (Phi) is 3.67. The van der Waals surface area contributed by atoms with Crippen molar-refractivity contribution in [3.05, 3.63) is 57.5 Å². The van der Waals surface area contributed by atoms with Gasteiger partial charge in [-0.3, -0.25) is 0 Å². The molecular weight excluding hydrogens is 284 g/mol. The highest BCUT2D eigenvalue weighted by Crippen LogP contribution is 2.34. The van der Waals surface area contributed by atoms with Gasteiger partial charge in [0.05, 0.1) is 5.02 Å². The van der Waals surface area contributed by atoms with Gasteiger partial charge in [0.2, 0.25) is 0 Å². The number of rotatable bonds is 2. The van der Waals surface area contributed by atoms with Gasteiger partial charge in [0.1, 0.15) is 0 Å². The van der Waals surface area contributed by atoms with Crippen molar-refractivity contribution in [1.29, 1.82) is 0 Å². The molecule has 2 rings (SSSR count). The summed E-state index contributed by atoms with van der Waals surface area (Å²) in [5.74, 6) is 0. The van der Waals surface area contributed by atoms with Crippen molar-refractivity contribution in [1.82, 2.24) is 0 Å². The molecule has 0 atom stereocenters. The van der Waals surface area contributed by atoms with E-state index in [4.69, 9.17) is 11.6 Å². The van der Waals surface area contributed by atoms with Crippen LogP contribution in [0, 0.1) is 0 Å². The van der Waals surface area contributed by atoms with Crippen LogP contribution < -0.4 is 0 Å². The van der Waals surface area contributed by atoms with Gasteiger partial charge in [0.15, 0.2) is 0 Å². The van der Waals surface area contributed by atoms with Crippen molar-refractivity contribution in [2.24, 2.45) is 0 Å². The Hall–Kier alpha value is -0.790. The summed E-state index contributed by atoms with van der Waals surface area (Å²) in [6.07, 6.45) is 0.964. The van der Waals surface area contributed by atoms with Crippen LogP contribution in [0.5, 0.6) is 0 Å². The third kappa shape index (κ3) is 2.16. The predicted octanol–water partition coefficient (Wildman–Crippen LogP) is 5.33. The molecule has 2 aromatic rings. The summed E-state index contributed by atoms with van der Waals surface area (Å²) < 4.78 is 1.01. The highest BCUT2D eigenvalue weighted by atomic mass is 79.9. The lowest BCUT2D eigenvalue weighted by Gasteiger charge is -2.11. The third-order valence-electron chi connectivity index (χ3n) is 2.63. The first-order valence-corrected chi connectivity index (χ1v) is 6.43. The molecule has 0 bridgehead atoms. The first kappa shape index (κ1) is 11.7. The van der Waals surface area contributed by atoms with Crippen LogP contribution in [0.4, 0.5) is 0 Å². The van der Waals surface area contributed by atoms with Crippen LogP contribution in [0.15, 0.2) is 46.9 Å². The molecule has 0 saturated heterocycles. The summed E-state index contributed by atoms with van der Waals surface area (Å²) in [6.45, 7) is 2.14. The molecule has 82 valence electrons. The molecule has 0 heterocycles. The third-order valence-corrected chi connectivity index (χ3v) is 4.08. The first-order chi connectivity index (χ1) is 7.74. The summed E-state index contributed by atoms with van der Waals surface area (Å²) in [5, 5.41) is 0.775. The van der Waals surface area contributed by atoms with Gasteiger partial charge in [-0.2, -0.15) is 0 Å². The number of hydrogen-bond acceptors (Lipinski definition) is 0. The molecule has 0 radical (unpaired) electrons. The first-order valence-electron chi connectivity index (χ1n) is 5.26. The number of benzene rings is 2. The van der Waals surface area contributed by atoms with E-state index < -0.39 is 0 Å². The Morgan fingerprint density at radius 2 is 1.75 bits per heavy atom. The summed E-state index contributed by atoms with van der Waals surface area (Å²) in [6, 6.07) is 14.4. The second-order valence-corrected chi connectivity index (χ2v) is 4.81. The van der Waals surface area contributed by atoms with E-state index in [9.17, 15) is 0 Å². The fourth-order valence-corrected chi connectivity index (χ4v) is 2.63. The van der Waals surface area contributed by atoms with Crippen molar-refractivity contribution in [3.63, 3.8) is 0 Å². The van der Waals surface area contributed by atoms with Gasteiger partial charge in [-0.15, -0.1) is 0 Å². The summed E-state index contributed by atoms with van der Waals surface area (Å²) >= 11 is 9.66. The van der Waals surface area contributed by atoms with Crippen molar-refractivity contribution >= 4 is 27.5 Å². The summed E-state index contributed by atoms with van der Waals surface area (Å²) in [4.78, 5) is 0. The summed E-state index contributed by atoms with van der Waals surface area (Å²) in [7, 11) is 0. The normalized spacial score (nSPS) is 10.4. The lowest BCUT2D eigenvalue weighted by atomic mass is 9.98. The minimum atomic E-state index is 0.775. The Morgan fingerprint density at radius 1 is 1.06 bits per heavy atom. The van der Waals surface area contributed by atoms with Gasteiger partial charge in [0.25, 0.3) is 0 Å². The molecule has 0 spiro atoms. The standard InChI is InChI=1S/C14H12BrCl/c1-2-11-12(8-9-13(16)14(11)15)10-6-4-3-5-7-10/h3-9H,2H2,1H3. The zero-order valence-electron chi connectivity index (χ0n) is 9.00. The van der Waals surface area contributed by atoms with Gasteiger partial charge in [-0.25, -0.2) is 0 Å².